The third kappa shape index (κ3) is 5.06. The van der Waals surface area contributed by atoms with Crippen LogP contribution in [-0.4, -0.2) is 10.6 Å². The Hall–Kier alpha value is -1.37. The van der Waals surface area contributed by atoms with E-state index in [4.69, 9.17) is 0 Å². The third-order valence-corrected chi connectivity index (χ3v) is 6.38. The number of benzene rings is 2. The van der Waals surface area contributed by atoms with Crippen LogP contribution in [0.1, 0.15) is 56.9 Å². The summed E-state index contributed by atoms with van der Waals surface area (Å²) in [4.78, 5) is 0. The van der Waals surface area contributed by atoms with Crippen molar-refractivity contribution in [2.24, 2.45) is 0 Å². The molecule has 0 aliphatic carbocycles. The van der Waals surface area contributed by atoms with Gasteiger partial charge in [-0.3, -0.25) is 0 Å². The molecule has 2 rings (SSSR count). The number of phenolic OH excluding ortho intramolecular Hbond substituents is 1. The average molecular weight is 357 g/mol. The highest BCUT2D eigenvalue weighted by Gasteiger charge is 2.27. The fourth-order valence-electron chi connectivity index (χ4n) is 2.96. The van der Waals surface area contributed by atoms with Gasteiger partial charge in [-0.15, -0.1) is 0 Å². The van der Waals surface area contributed by atoms with Crippen LogP contribution in [0.25, 0.3) is 0 Å². The second-order valence-corrected chi connectivity index (χ2v) is 10.4. The van der Waals surface area contributed by atoms with Crippen molar-refractivity contribution >= 4 is 13.9 Å². The van der Waals surface area contributed by atoms with Crippen LogP contribution < -0.4 is 10.6 Å². The first-order valence-electron chi connectivity index (χ1n) is 8.92. The minimum Gasteiger partial charge on any atom is -0.507 e. The molecule has 2 aromatic carbocycles. The summed E-state index contributed by atoms with van der Waals surface area (Å²) in [6, 6.07) is 12.6. The maximum atomic E-state index is 10.6. The fraction of sp³-hybridized carbons (Fsp3) is 0.455. The molecule has 136 valence electrons. The predicted molar refractivity (Wildman–Crippen MR) is 112 cm³/mol. The third-order valence-electron chi connectivity index (χ3n) is 4.52. The molecule has 0 radical (unpaired) electrons. The molecule has 0 saturated heterocycles. The zero-order valence-corrected chi connectivity index (χ0v) is 17.6. The smallest absolute Gasteiger partial charge is 0.122 e. The highest BCUT2D eigenvalue weighted by Crippen LogP contribution is 2.45. The molecule has 3 heteroatoms. The van der Waals surface area contributed by atoms with E-state index >= 15 is 0 Å². The molecule has 0 fully saturated rings. The SMILES string of the molecule is Cc1cccc(C(C)(C)Pc2c(C)cccc2CNC(C)(C)C)c1O. The summed E-state index contributed by atoms with van der Waals surface area (Å²) in [6.45, 7) is 16.1. The van der Waals surface area contributed by atoms with Gasteiger partial charge in [-0.05, 0) is 56.6 Å². The van der Waals surface area contributed by atoms with E-state index in [-0.39, 0.29) is 10.7 Å². The first kappa shape index (κ1) is 19.9. The Labute approximate surface area is 154 Å². The van der Waals surface area contributed by atoms with Crippen LogP contribution in [0.4, 0.5) is 0 Å². The summed E-state index contributed by atoms with van der Waals surface area (Å²) in [5, 5.41) is 15.5. The average Bonchev–Trinajstić information content (AvgIpc) is 2.49. The Morgan fingerprint density at radius 3 is 2.16 bits per heavy atom. The van der Waals surface area contributed by atoms with Crippen LogP contribution in [-0.2, 0) is 11.7 Å². The summed E-state index contributed by atoms with van der Waals surface area (Å²) < 4.78 is 0. The minimum absolute atomic E-state index is 0.0917. The number of rotatable bonds is 5. The summed E-state index contributed by atoms with van der Waals surface area (Å²) in [5.41, 5.74) is 4.74. The lowest BCUT2D eigenvalue weighted by Crippen LogP contribution is -2.36. The maximum Gasteiger partial charge on any atom is 0.122 e. The fourth-order valence-corrected chi connectivity index (χ4v) is 4.53. The molecule has 1 unspecified atom stereocenters. The van der Waals surface area contributed by atoms with Gasteiger partial charge >= 0.3 is 0 Å². The van der Waals surface area contributed by atoms with E-state index < -0.39 is 0 Å². The van der Waals surface area contributed by atoms with Gasteiger partial charge in [0, 0.05) is 22.8 Å². The van der Waals surface area contributed by atoms with Crippen molar-refractivity contribution in [2.75, 3.05) is 0 Å². The van der Waals surface area contributed by atoms with Crippen LogP contribution in [0, 0.1) is 13.8 Å². The lowest BCUT2D eigenvalue weighted by atomic mass is 9.99. The summed E-state index contributed by atoms with van der Waals surface area (Å²) in [5.74, 6) is 0.433. The summed E-state index contributed by atoms with van der Waals surface area (Å²) in [6.07, 6.45) is 0. The highest BCUT2D eigenvalue weighted by molar-refractivity contribution is 7.48. The lowest BCUT2D eigenvalue weighted by molar-refractivity contribution is 0.425. The Kier molecular flexibility index (Phi) is 5.97. The molecule has 0 aliphatic heterocycles. The zero-order chi connectivity index (χ0) is 18.8. The van der Waals surface area contributed by atoms with E-state index in [9.17, 15) is 5.11 Å². The van der Waals surface area contributed by atoms with Crippen molar-refractivity contribution in [1.82, 2.24) is 5.32 Å². The zero-order valence-electron chi connectivity index (χ0n) is 16.6. The van der Waals surface area contributed by atoms with E-state index in [2.05, 4.69) is 71.1 Å². The van der Waals surface area contributed by atoms with Gasteiger partial charge in [0.1, 0.15) is 5.75 Å². The highest BCUT2D eigenvalue weighted by atomic mass is 31.1. The molecule has 0 aromatic heterocycles. The van der Waals surface area contributed by atoms with Gasteiger partial charge in [-0.1, -0.05) is 58.8 Å². The van der Waals surface area contributed by atoms with Crippen molar-refractivity contribution in [3.05, 3.63) is 58.7 Å². The quantitative estimate of drug-likeness (QED) is 0.727. The normalized spacial score (nSPS) is 12.9. The number of aryl methyl sites for hydroxylation is 2. The predicted octanol–water partition coefficient (Wildman–Crippen LogP) is 5.14. The Balaban J connectivity index is 2.37. The van der Waals surface area contributed by atoms with Crippen LogP contribution in [0.3, 0.4) is 0 Å². The second-order valence-electron chi connectivity index (χ2n) is 8.43. The molecule has 0 aliphatic rings. The van der Waals surface area contributed by atoms with Gasteiger partial charge in [0.2, 0.25) is 0 Å². The number of phenols is 1. The van der Waals surface area contributed by atoms with Crippen molar-refractivity contribution in [1.29, 1.82) is 0 Å². The second kappa shape index (κ2) is 7.48. The maximum absolute atomic E-state index is 10.6. The van der Waals surface area contributed by atoms with Crippen LogP contribution in [0.2, 0.25) is 0 Å². The number of nitrogens with one attached hydrogen (secondary N) is 1. The van der Waals surface area contributed by atoms with E-state index in [0.717, 1.165) is 17.7 Å². The van der Waals surface area contributed by atoms with Crippen LogP contribution >= 0.6 is 8.58 Å². The molecule has 2 nitrogen and oxygen atoms in total. The van der Waals surface area contributed by atoms with Crippen molar-refractivity contribution in [2.45, 2.75) is 65.7 Å². The topological polar surface area (TPSA) is 32.3 Å². The lowest BCUT2D eigenvalue weighted by Gasteiger charge is -2.30. The van der Waals surface area contributed by atoms with Gasteiger partial charge in [-0.25, -0.2) is 0 Å². The van der Waals surface area contributed by atoms with Crippen molar-refractivity contribution in [3.63, 3.8) is 0 Å². The Morgan fingerprint density at radius 1 is 0.920 bits per heavy atom. The minimum atomic E-state index is -0.112. The Morgan fingerprint density at radius 2 is 1.52 bits per heavy atom. The van der Waals surface area contributed by atoms with E-state index in [1.165, 1.54) is 16.4 Å². The summed E-state index contributed by atoms with van der Waals surface area (Å²) >= 11 is 0. The number of para-hydroxylation sites is 1. The molecule has 0 spiro atoms. The van der Waals surface area contributed by atoms with E-state index in [1.807, 2.05) is 19.1 Å². The van der Waals surface area contributed by atoms with Gasteiger partial charge in [-0.2, -0.15) is 0 Å². The van der Waals surface area contributed by atoms with Crippen molar-refractivity contribution in [3.8, 4) is 5.75 Å². The van der Waals surface area contributed by atoms with Gasteiger partial charge in [0.05, 0.1) is 0 Å². The molecule has 2 aromatic rings. The first-order chi connectivity index (χ1) is 11.5. The molecule has 0 saturated carbocycles. The molecule has 0 heterocycles. The number of aromatic hydroxyl groups is 1. The molecular weight excluding hydrogens is 325 g/mol. The van der Waals surface area contributed by atoms with Gasteiger partial charge in [0.25, 0.3) is 0 Å². The van der Waals surface area contributed by atoms with Crippen LogP contribution in [0.5, 0.6) is 5.75 Å². The standard InChI is InChI=1S/C22H32NOP/c1-15-10-9-13-18(19(15)24)22(6,7)25-20-16(2)11-8-12-17(20)14-23-21(3,4)5/h8-13,23-25H,14H2,1-7H3. The molecule has 0 bridgehead atoms. The van der Waals surface area contributed by atoms with E-state index in [1.54, 1.807) is 0 Å². The first-order valence-corrected chi connectivity index (χ1v) is 9.92. The largest absolute Gasteiger partial charge is 0.507 e. The molecule has 0 amide bonds. The molecule has 1 atom stereocenters. The molecule has 2 N–H and O–H groups in total. The summed E-state index contributed by atoms with van der Waals surface area (Å²) in [7, 11) is 0.592. The Bertz CT molecular complexity index is 744. The number of hydrogen-bond acceptors (Lipinski definition) is 2. The van der Waals surface area contributed by atoms with Crippen molar-refractivity contribution < 1.29 is 5.11 Å². The van der Waals surface area contributed by atoms with Gasteiger partial charge in [0.15, 0.2) is 0 Å². The number of hydrogen-bond donors (Lipinski definition) is 2. The van der Waals surface area contributed by atoms with Gasteiger partial charge < -0.3 is 10.4 Å². The molecule has 25 heavy (non-hydrogen) atoms. The monoisotopic (exact) mass is 357 g/mol. The van der Waals surface area contributed by atoms with E-state index in [0.29, 0.717) is 14.3 Å². The van der Waals surface area contributed by atoms with Crippen LogP contribution in [0.15, 0.2) is 36.4 Å². The molecular formula is C22H32NOP.